The minimum absolute atomic E-state index is 0. The summed E-state index contributed by atoms with van der Waals surface area (Å²) in [6.07, 6.45) is 8.93. The van der Waals surface area contributed by atoms with Gasteiger partial charge in [-0.2, -0.15) is 0 Å². The van der Waals surface area contributed by atoms with Crippen LogP contribution in [0.4, 0.5) is 0 Å². The zero-order chi connectivity index (χ0) is 17.2. The van der Waals surface area contributed by atoms with E-state index < -0.39 is 0 Å². The summed E-state index contributed by atoms with van der Waals surface area (Å²) in [5.41, 5.74) is 0. The molecule has 25 heavy (non-hydrogen) atoms. The van der Waals surface area contributed by atoms with E-state index in [0.717, 1.165) is 63.3 Å². The standard InChI is InChI=1S/C19H33N3O2.HI/c1-4-12-20-19(21-13-11-17-6-5-14-23-17)22-16-7-9-18(10-8-16)24-15(2)3;/h5-6,14-16,18H,4,7-13H2,1-3H3,(H2,20,21,22);1H. The van der Waals surface area contributed by atoms with Crippen LogP contribution in [0.2, 0.25) is 0 Å². The van der Waals surface area contributed by atoms with E-state index in [1.807, 2.05) is 12.1 Å². The lowest BCUT2D eigenvalue weighted by molar-refractivity contribution is -0.0152. The molecule has 5 nitrogen and oxygen atoms in total. The first-order valence-electron chi connectivity index (χ1n) is 9.40. The van der Waals surface area contributed by atoms with Gasteiger partial charge in [0.15, 0.2) is 5.96 Å². The van der Waals surface area contributed by atoms with Gasteiger partial charge in [0.25, 0.3) is 0 Å². The van der Waals surface area contributed by atoms with Crippen LogP contribution in [0.1, 0.15) is 58.6 Å². The number of furan rings is 1. The highest BCUT2D eigenvalue weighted by Crippen LogP contribution is 2.22. The van der Waals surface area contributed by atoms with Crippen LogP contribution in [0.25, 0.3) is 0 Å². The maximum absolute atomic E-state index is 5.93. The van der Waals surface area contributed by atoms with Gasteiger partial charge in [0, 0.05) is 25.6 Å². The molecule has 1 fully saturated rings. The molecule has 1 aromatic heterocycles. The summed E-state index contributed by atoms with van der Waals surface area (Å²) in [7, 11) is 0. The van der Waals surface area contributed by atoms with Crippen molar-refractivity contribution in [3.05, 3.63) is 24.2 Å². The van der Waals surface area contributed by atoms with Gasteiger partial charge in [0.2, 0.25) is 0 Å². The number of guanidine groups is 1. The molecule has 0 atom stereocenters. The molecule has 0 bridgehead atoms. The van der Waals surface area contributed by atoms with Gasteiger partial charge in [-0.05, 0) is 58.1 Å². The van der Waals surface area contributed by atoms with Gasteiger partial charge in [-0.3, -0.25) is 4.99 Å². The SMILES string of the molecule is CCCN=C(NCCc1ccco1)NC1CCC(OC(C)C)CC1.I. The van der Waals surface area contributed by atoms with Crippen molar-refractivity contribution in [2.45, 2.75) is 77.5 Å². The van der Waals surface area contributed by atoms with Crippen LogP contribution in [0.5, 0.6) is 0 Å². The van der Waals surface area contributed by atoms with E-state index in [1.54, 1.807) is 6.26 Å². The molecule has 1 aliphatic carbocycles. The van der Waals surface area contributed by atoms with Gasteiger partial charge in [-0.15, -0.1) is 24.0 Å². The van der Waals surface area contributed by atoms with Crippen LogP contribution in [0.15, 0.2) is 27.8 Å². The third-order valence-electron chi connectivity index (χ3n) is 4.22. The van der Waals surface area contributed by atoms with Crippen LogP contribution >= 0.6 is 24.0 Å². The van der Waals surface area contributed by atoms with Crippen molar-refractivity contribution in [2.24, 2.45) is 4.99 Å². The number of rotatable bonds is 8. The van der Waals surface area contributed by atoms with E-state index in [2.05, 4.69) is 36.4 Å². The Bertz CT molecular complexity index is 469. The second-order valence-corrected chi connectivity index (χ2v) is 6.79. The first-order valence-corrected chi connectivity index (χ1v) is 9.40. The van der Waals surface area contributed by atoms with E-state index in [4.69, 9.17) is 9.15 Å². The molecule has 1 heterocycles. The van der Waals surface area contributed by atoms with Gasteiger partial charge >= 0.3 is 0 Å². The summed E-state index contributed by atoms with van der Waals surface area (Å²) in [6.45, 7) is 8.06. The molecule has 0 spiro atoms. The molecular formula is C19H34IN3O2. The van der Waals surface area contributed by atoms with E-state index in [9.17, 15) is 0 Å². The normalized spacial score (nSPS) is 21.0. The lowest BCUT2D eigenvalue weighted by Crippen LogP contribution is -2.46. The van der Waals surface area contributed by atoms with Crippen molar-refractivity contribution in [2.75, 3.05) is 13.1 Å². The molecule has 0 saturated heterocycles. The Labute approximate surface area is 169 Å². The minimum atomic E-state index is 0. The van der Waals surface area contributed by atoms with Gasteiger partial charge in [0.1, 0.15) is 5.76 Å². The maximum Gasteiger partial charge on any atom is 0.191 e. The van der Waals surface area contributed by atoms with Crippen LogP contribution in [0.3, 0.4) is 0 Å². The third kappa shape index (κ3) is 8.94. The van der Waals surface area contributed by atoms with Gasteiger partial charge < -0.3 is 19.8 Å². The first-order chi connectivity index (χ1) is 11.7. The van der Waals surface area contributed by atoms with Gasteiger partial charge in [-0.1, -0.05) is 6.92 Å². The maximum atomic E-state index is 5.93. The molecule has 0 radical (unpaired) electrons. The fourth-order valence-electron chi connectivity index (χ4n) is 3.06. The molecule has 1 saturated carbocycles. The van der Waals surface area contributed by atoms with Crippen molar-refractivity contribution < 1.29 is 9.15 Å². The zero-order valence-corrected chi connectivity index (χ0v) is 18.1. The quantitative estimate of drug-likeness (QED) is 0.346. The molecule has 144 valence electrons. The molecule has 0 aliphatic heterocycles. The van der Waals surface area contributed by atoms with E-state index in [0.29, 0.717) is 18.2 Å². The smallest absolute Gasteiger partial charge is 0.191 e. The molecule has 2 N–H and O–H groups in total. The topological polar surface area (TPSA) is 58.8 Å². The van der Waals surface area contributed by atoms with Crippen molar-refractivity contribution >= 4 is 29.9 Å². The number of aliphatic imine (C=N–C) groups is 1. The van der Waals surface area contributed by atoms with Crippen LogP contribution in [0, 0.1) is 0 Å². The highest BCUT2D eigenvalue weighted by Gasteiger charge is 2.22. The Morgan fingerprint density at radius 1 is 1.32 bits per heavy atom. The summed E-state index contributed by atoms with van der Waals surface area (Å²) in [4.78, 5) is 4.66. The van der Waals surface area contributed by atoms with Crippen molar-refractivity contribution in [3.63, 3.8) is 0 Å². The van der Waals surface area contributed by atoms with Crippen LogP contribution in [-0.4, -0.2) is 37.3 Å². The number of hydrogen-bond acceptors (Lipinski definition) is 3. The van der Waals surface area contributed by atoms with Crippen LogP contribution < -0.4 is 10.6 Å². The number of nitrogens with one attached hydrogen (secondary N) is 2. The predicted octanol–water partition coefficient (Wildman–Crippen LogP) is 4.12. The largest absolute Gasteiger partial charge is 0.469 e. The molecule has 0 amide bonds. The number of hydrogen-bond donors (Lipinski definition) is 2. The summed E-state index contributed by atoms with van der Waals surface area (Å²) in [5.74, 6) is 1.93. The van der Waals surface area contributed by atoms with Crippen molar-refractivity contribution in [1.29, 1.82) is 0 Å². The highest BCUT2D eigenvalue weighted by atomic mass is 127. The predicted molar refractivity (Wildman–Crippen MR) is 114 cm³/mol. The number of ether oxygens (including phenoxy) is 1. The van der Waals surface area contributed by atoms with E-state index in [-0.39, 0.29) is 24.0 Å². The number of halogens is 1. The molecule has 6 heteroatoms. The molecule has 1 aliphatic rings. The monoisotopic (exact) mass is 463 g/mol. The third-order valence-corrected chi connectivity index (χ3v) is 4.22. The first kappa shape index (κ1) is 22.3. The zero-order valence-electron chi connectivity index (χ0n) is 15.8. The minimum Gasteiger partial charge on any atom is -0.469 e. The molecular weight excluding hydrogens is 429 g/mol. The highest BCUT2D eigenvalue weighted by molar-refractivity contribution is 14.0. The van der Waals surface area contributed by atoms with Gasteiger partial charge in [-0.25, -0.2) is 0 Å². The molecule has 0 aromatic carbocycles. The van der Waals surface area contributed by atoms with Gasteiger partial charge in [0.05, 0.1) is 18.5 Å². The Morgan fingerprint density at radius 3 is 2.68 bits per heavy atom. The molecule has 2 rings (SSSR count). The Morgan fingerprint density at radius 2 is 2.08 bits per heavy atom. The fraction of sp³-hybridized carbons (Fsp3) is 0.737. The fourth-order valence-corrected chi connectivity index (χ4v) is 3.06. The Kier molecular flexibility index (Phi) is 11.2. The lowest BCUT2D eigenvalue weighted by atomic mass is 9.93. The molecule has 1 aromatic rings. The average molecular weight is 463 g/mol. The molecule has 0 unspecified atom stereocenters. The second kappa shape index (κ2) is 12.6. The summed E-state index contributed by atoms with van der Waals surface area (Å²) in [5, 5.41) is 7.03. The summed E-state index contributed by atoms with van der Waals surface area (Å²) < 4.78 is 11.3. The van der Waals surface area contributed by atoms with E-state index in [1.165, 1.54) is 0 Å². The van der Waals surface area contributed by atoms with E-state index >= 15 is 0 Å². The van der Waals surface area contributed by atoms with Crippen molar-refractivity contribution in [1.82, 2.24) is 10.6 Å². The lowest BCUT2D eigenvalue weighted by Gasteiger charge is -2.31. The Hall–Kier alpha value is -0.760. The van der Waals surface area contributed by atoms with Crippen LogP contribution in [-0.2, 0) is 11.2 Å². The summed E-state index contributed by atoms with van der Waals surface area (Å²) >= 11 is 0. The Balaban J connectivity index is 0.00000312. The average Bonchev–Trinajstić information content (AvgIpc) is 3.07. The second-order valence-electron chi connectivity index (χ2n) is 6.79. The van der Waals surface area contributed by atoms with Crippen molar-refractivity contribution in [3.8, 4) is 0 Å². The summed E-state index contributed by atoms with van der Waals surface area (Å²) in [6, 6.07) is 4.43. The number of nitrogens with zero attached hydrogens (tertiary/aromatic N) is 1.